The fourth-order valence-electron chi connectivity index (χ4n) is 1.93. The van der Waals surface area contributed by atoms with Gasteiger partial charge in [0.2, 0.25) is 0 Å². The van der Waals surface area contributed by atoms with Crippen molar-refractivity contribution in [1.82, 2.24) is 10.4 Å². The highest BCUT2D eigenvalue weighted by Crippen LogP contribution is 2.44. The minimum atomic E-state index is -3.22. The van der Waals surface area contributed by atoms with Gasteiger partial charge in [-0.05, 0) is 52.9 Å². The average molecular weight is 342 g/mol. The molecule has 0 bridgehead atoms. The zero-order chi connectivity index (χ0) is 17.3. The quantitative estimate of drug-likeness (QED) is 0.387. The summed E-state index contributed by atoms with van der Waals surface area (Å²) in [6, 6.07) is 8.25. The molecule has 1 aromatic carbocycles. The van der Waals surface area contributed by atoms with E-state index in [0.717, 1.165) is 0 Å². The molecule has 6 nitrogen and oxygen atoms in total. The third kappa shape index (κ3) is 7.64. The highest BCUT2D eigenvalue weighted by molar-refractivity contribution is 7.57. The average Bonchev–Trinajstić information content (AvgIpc) is 2.47. The topological polar surface area (TPSA) is 76.7 Å². The van der Waals surface area contributed by atoms with Crippen LogP contribution in [0.1, 0.15) is 27.2 Å². The first kappa shape index (κ1) is 19.7. The van der Waals surface area contributed by atoms with Crippen molar-refractivity contribution in [2.75, 3.05) is 19.8 Å². The minimum Gasteiger partial charge on any atom is -0.462 e. The summed E-state index contributed by atoms with van der Waals surface area (Å²) < 4.78 is 23.9. The van der Waals surface area contributed by atoms with Crippen LogP contribution in [0.5, 0.6) is 5.75 Å². The van der Waals surface area contributed by atoms with E-state index in [-0.39, 0.29) is 6.10 Å². The predicted molar refractivity (Wildman–Crippen MR) is 91.9 cm³/mol. The van der Waals surface area contributed by atoms with Crippen LogP contribution in [0.25, 0.3) is 0 Å². The second-order valence-corrected chi connectivity index (χ2v) is 7.83. The number of carbonyl (C=O) groups is 1. The first-order valence-electron chi connectivity index (χ1n) is 7.83. The van der Waals surface area contributed by atoms with Crippen molar-refractivity contribution in [2.24, 2.45) is 0 Å². The molecule has 0 radical (unpaired) electrons. The molecule has 0 aliphatic heterocycles. The molecule has 1 unspecified atom stereocenters. The Morgan fingerprint density at radius 2 is 1.87 bits per heavy atom. The number of hydrogen-bond acceptors (Lipinski definition) is 5. The van der Waals surface area contributed by atoms with Crippen molar-refractivity contribution in [3.63, 3.8) is 0 Å². The fourth-order valence-corrected chi connectivity index (χ4v) is 3.94. The van der Waals surface area contributed by atoms with Gasteiger partial charge in [-0.3, -0.25) is 9.36 Å². The van der Waals surface area contributed by atoms with Crippen molar-refractivity contribution in [3.05, 3.63) is 30.3 Å². The summed E-state index contributed by atoms with van der Waals surface area (Å²) in [6.45, 7) is 5.90. The van der Waals surface area contributed by atoms with Crippen molar-refractivity contribution >= 4 is 13.5 Å². The second kappa shape index (κ2) is 9.71. The van der Waals surface area contributed by atoms with Gasteiger partial charge in [-0.2, -0.15) is 0 Å². The summed E-state index contributed by atoms with van der Waals surface area (Å²) in [7, 11) is -1.38. The number of para-hydroxylation sites is 1. The first-order chi connectivity index (χ1) is 10.9. The fraction of sp³-hybridized carbons (Fsp3) is 0.562. The molecule has 0 saturated heterocycles. The second-order valence-electron chi connectivity index (χ2n) is 5.59. The zero-order valence-corrected chi connectivity index (χ0v) is 15.1. The van der Waals surface area contributed by atoms with E-state index in [1.54, 1.807) is 32.9 Å². The molecule has 0 saturated carbocycles. The van der Waals surface area contributed by atoms with Crippen LogP contribution >= 0.6 is 7.52 Å². The van der Waals surface area contributed by atoms with Crippen molar-refractivity contribution < 1.29 is 18.6 Å². The van der Waals surface area contributed by atoms with Crippen LogP contribution < -0.4 is 14.9 Å². The molecule has 130 valence electrons. The van der Waals surface area contributed by atoms with E-state index < -0.39 is 19.5 Å². The number of ether oxygens (including phenoxy) is 1. The van der Waals surface area contributed by atoms with Gasteiger partial charge in [0.15, 0.2) is 0 Å². The highest BCUT2D eigenvalue weighted by atomic mass is 31.2. The lowest BCUT2D eigenvalue weighted by Crippen LogP contribution is -2.36. The molecule has 0 aliphatic carbocycles. The van der Waals surface area contributed by atoms with Gasteiger partial charge in [0, 0.05) is 0 Å². The number of benzene rings is 1. The number of esters is 1. The molecule has 1 aromatic rings. The van der Waals surface area contributed by atoms with Gasteiger partial charge in [0.05, 0.1) is 12.3 Å². The van der Waals surface area contributed by atoms with E-state index in [1.165, 1.54) is 0 Å². The summed E-state index contributed by atoms with van der Waals surface area (Å²) in [6.07, 6.45) is 0.771. The van der Waals surface area contributed by atoms with Gasteiger partial charge in [-0.15, -0.1) is 0 Å². The molecular formula is C16H27N2O4P. The van der Waals surface area contributed by atoms with Crippen LogP contribution in [-0.2, 0) is 14.1 Å². The molecule has 0 fully saturated rings. The van der Waals surface area contributed by atoms with Gasteiger partial charge in [0.1, 0.15) is 11.8 Å². The van der Waals surface area contributed by atoms with E-state index >= 15 is 0 Å². The third-order valence-electron chi connectivity index (χ3n) is 2.97. The maximum absolute atomic E-state index is 13.1. The summed E-state index contributed by atoms with van der Waals surface area (Å²) in [5, 5.41) is 5.85. The molecular weight excluding hydrogens is 315 g/mol. The molecule has 0 heterocycles. The Kier molecular flexibility index (Phi) is 8.31. The van der Waals surface area contributed by atoms with Gasteiger partial charge in [0.25, 0.3) is 0 Å². The molecule has 2 atom stereocenters. The number of hydrogen-bond donors (Lipinski definition) is 2. The van der Waals surface area contributed by atoms with Crippen LogP contribution in [-0.4, -0.2) is 37.9 Å². The SMILES string of the molecule is CNCCCP(=O)(N[C@@H](C)C(=O)OC(C)C)Oc1ccccc1. The lowest BCUT2D eigenvalue weighted by Gasteiger charge is -2.24. The Labute approximate surface area is 138 Å². The predicted octanol–water partition coefficient (Wildman–Crippen LogP) is 2.80. The molecule has 0 aromatic heterocycles. The van der Waals surface area contributed by atoms with Gasteiger partial charge in [-0.1, -0.05) is 18.2 Å². The number of nitrogens with one attached hydrogen (secondary N) is 2. The summed E-state index contributed by atoms with van der Waals surface area (Å²) in [5.74, 6) is 0.0720. The van der Waals surface area contributed by atoms with Crippen LogP contribution in [0.15, 0.2) is 30.3 Å². The van der Waals surface area contributed by atoms with Gasteiger partial charge < -0.3 is 14.6 Å². The Morgan fingerprint density at radius 1 is 1.22 bits per heavy atom. The Hall–Kier alpha value is -1.36. The van der Waals surface area contributed by atoms with Crippen molar-refractivity contribution in [3.8, 4) is 5.75 Å². The van der Waals surface area contributed by atoms with Crippen LogP contribution in [0.4, 0.5) is 0 Å². The normalized spacial score (nSPS) is 15.0. The standard InChI is InChI=1S/C16H27N2O4P/c1-13(2)21-16(19)14(3)18-23(20,12-8-11-17-4)22-15-9-6-5-7-10-15/h5-7,9-10,13-14,17H,8,11-12H2,1-4H3,(H,18,20)/t14-,23?/m0/s1. The van der Waals surface area contributed by atoms with Gasteiger partial charge >= 0.3 is 13.5 Å². The molecule has 0 amide bonds. The summed E-state index contributed by atoms with van der Waals surface area (Å²) in [4.78, 5) is 11.9. The molecule has 1 rings (SSSR count). The van der Waals surface area contributed by atoms with E-state index in [1.807, 2.05) is 25.2 Å². The molecule has 0 spiro atoms. The van der Waals surface area contributed by atoms with E-state index in [9.17, 15) is 9.36 Å². The smallest absolute Gasteiger partial charge is 0.323 e. The Bertz CT molecular complexity index is 522. The minimum absolute atomic E-state index is 0.217. The van der Waals surface area contributed by atoms with E-state index in [0.29, 0.717) is 24.9 Å². The van der Waals surface area contributed by atoms with Crippen LogP contribution in [0, 0.1) is 0 Å². The molecule has 0 aliphatic rings. The third-order valence-corrected chi connectivity index (χ3v) is 5.16. The summed E-state index contributed by atoms with van der Waals surface area (Å²) in [5.41, 5.74) is 0. The van der Waals surface area contributed by atoms with Crippen LogP contribution in [0.2, 0.25) is 0 Å². The monoisotopic (exact) mass is 342 g/mol. The number of rotatable bonds is 10. The van der Waals surface area contributed by atoms with Crippen molar-refractivity contribution in [1.29, 1.82) is 0 Å². The first-order valence-corrected chi connectivity index (χ1v) is 9.64. The number of carbonyl (C=O) groups excluding carboxylic acids is 1. The van der Waals surface area contributed by atoms with Crippen molar-refractivity contribution in [2.45, 2.75) is 39.3 Å². The molecule has 23 heavy (non-hydrogen) atoms. The zero-order valence-electron chi connectivity index (χ0n) is 14.2. The summed E-state index contributed by atoms with van der Waals surface area (Å²) >= 11 is 0. The Balaban J connectivity index is 2.78. The van der Waals surface area contributed by atoms with Crippen LogP contribution in [0.3, 0.4) is 0 Å². The van der Waals surface area contributed by atoms with E-state index in [4.69, 9.17) is 9.26 Å². The lowest BCUT2D eigenvalue weighted by atomic mass is 10.3. The van der Waals surface area contributed by atoms with Gasteiger partial charge in [-0.25, -0.2) is 5.09 Å². The largest absolute Gasteiger partial charge is 0.462 e. The molecule has 7 heteroatoms. The maximum Gasteiger partial charge on any atom is 0.323 e. The Morgan fingerprint density at radius 3 is 2.43 bits per heavy atom. The molecule has 2 N–H and O–H groups in total. The lowest BCUT2D eigenvalue weighted by molar-refractivity contribution is -0.149. The van der Waals surface area contributed by atoms with E-state index in [2.05, 4.69) is 10.4 Å². The maximum atomic E-state index is 13.1. The highest BCUT2D eigenvalue weighted by Gasteiger charge is 2.30.